The van der Waals surface area contributed by atoms with Gasteiger partial charge in [0.15, 0.2) is 0 Å². The maximum atomic E-state index is 5.54. The van der Waals surface area contributed by atoms with E-state index in [-0.39, 0.29) is 24.8 Å². The average Bonchev–Trinajstić information content (AvgIpc) is 1.87. The third-order valence-electron chi connectivity index (χ3n) is 1.26. The predicted octanol–water partition coefficient (Wildman–Crippen LogP) is 0.803. The van der Waals surface area contributed by atoms with Crippen molar-refractivity contribution in [2.75, 3.05) is 26.8 Å². The number of ether oxygens (including phenoxy) is 1. The fourth-order valence-corrected chi connectivity index (χ4v) is 0.629. The summed E-state index contributed by atoms with van der Waals surface area (Å²) in [6.45, 7) is 4.70. The zero-order valence-electron chi connectivity index (χ0n) is 7.71. The average molecular weight is 219 g/mol. The lowest BCUT2D eigenvalue weighted by molar-refractivity contribution is 0.199. The number of methoxy groups -OCH3 is 1. The van der Waals surface area contributed by atoms with Crippen molar-refractivity contribution in [1.29, 1.82) is 0 Å². The highest BCUT2D eigenvalue weighted by Gasteiger charge is 1.91. The molecule has 0 saturated heterocycles. The SMILES string of the molecule is COCCNCC[C@H](C)N.Cl.Cl. The number of nitrogens with two attached hydrogens (primary N) is 1. The lowest BCUT2D eigenvalue weighted by Crippen LogP contribution is -2.26. The van der Waals surface area contributed by atoms with Gasteiger partial charge in [-0.1, -0.05) is 0 Å². The van der Waals surface area contributed by atoms with Crippen molar-refractivity contribution < 1.29 is 4.74 Å². The molecule has 0 saturated carbocycles. The highest BCUT2D eigenvalue weighted by atomic mass is 35.5. The van der Waals surface area contributed by atoms with Crippen molar-refractivity contribution in [3.63, 3.8) is 0 Å². The Balaban J connectivity index is -0.000000405. The summed E-state index contributed by atoms with van der Waals surface area (Å²) in [6, 6.07) is 0.301. The van der Waals surface area contributed by atoms with E-state index in [0.717, 1.165) is 26.1 Å². The Kier molecular flexibility index (Phi) is 21.3. The van der Waals surface area contributed by atoms with Crippen molar-refractivity contribution in [2.45, 2.75) is 19.4 Å². The summed E-state index contributed by atoms with van der Waals surface area (Å²) in [5, 5.41) is 3.21. The molecule has 0 aliphatic rings. The van der Waals surface area contributed by atoms with Crippen LogP contribution in [-0.4, -0.2) is 32.8 Å². The summed E-state index contributed by atoms with van der Waals surface area (Å²) >= 11 is 0. The fourth-order valence-electron chi connectivity index (χ4n) is 0.629. The van der Waals surface area contributed by atoms with Crippen LogP contribution in [0.2, 0.25) is 0 Å². The van der Waals surface area contributed by atoms with Crippen molar-refractivity contribution in [3.05, 3.63) is 0 Å². The van der Waals surface area contributed by atoms with E-state index < -0.39 is 0 Å². The molecule has 0 rings (SSSR count). The summed E-state index contributed by atoms with van der Waals surface area (Å²) in [5.41, 5.74) is 5.54. The van der Waals surface area contributed by atoms with Crippen molar-refractivity contribution >= 4 is 24.8 Å². The first-order valence-corrected chi connectivity index (χ1v) is 3.72. The van der Waals surface area contributed by atoms with Gasteiger partial charge in [0.25, 0.3) is 0 Å². The fraction of sp³-hybridized carbons (Fsp3) is 1.00. The zero-order chi connectivity index (χ0) is 7.82. The summed E-state index contributed by atoms with van der Waals surface area (Å²) < 4.78 is 4.86. The topological polar surface area (TPSA) is 47.3 Å². The van der Waals surface area contributed by atoms with E-state index in [1.165, 1.54) is 0 Å². The van der Waals surface area contributed by atoms with Crippen LogP contribution < -0.4 is 11.1 Å². The van der Waals surface area contributed by atoms with Gasteiger partial charge >= 0.3 is 0 Å². The molecular formula is C7H20Cl2N2O. The monoisotopic (exact) mass is 218 g/mol. The van der Waals surface area contributed by atoms with E-state index in [2.05, 4.69) is 5.32 Å². The second-order valence-electron chi connectivity index (χ2n) is 2.51. The number of hydrogen-bond donors (Lipinski definition) is 2. The van der Waals surface area contributed by atoms with Gasteiger partial charge in [-0.25, -0.2) is 0 Å². The molecule has 0 heterocycles. The highest BCUT2D eigenvalue weighted by Crippen LogP contribution is 1.81. The number of rotatable bonds is 6. The molecule has 3 nitrogen and oxygen atoms in total. The van der Waals surface area contributed by atoms with Gasteiger partial charge in [0.2, 0.25) is 0 Å². The van der Waals surface area contributed by atoms with Crippen molar-refractivity contribution in [3.8, 4) is 0 Å². The molecule has 12 heavy (non-hydrogen) atoms. The van der Waals surface area contributed by atoms with Crippen LogP contribution in [0, 0.1) is 0 Å². The van der Waals surface area contributed by atoms with Gasteiger partial charge in [-0.15, -0.1) is 24.8 Å². The van der Waals surface area contributed by atoms with E-state index >= 15 is 0 Å². The van der Waals surface area contributed by atoms with Gasteiger partial charge in [-0.05, 0) is 19.9 Å². The summed E-state index contributed by atoms with van der Waals surface area (Å²) in [5.74, 6) is 0. The number of nitrogens with one attached hydrogen (secondary N) is 1. The van der Waals surface area contributed by atoms with Crippen LogP contribution in [-0.2, 0) is 4.74 Å². The minimum atomic E-state index is 0. The summed E-state index contributed by atoms with van der Waals surface area (Å²) in [7, 11) is 1.70. The Morgan fingerprint density at radius 1 is 1.33 bits per heavy atom. The molecule has 0 fully saturated rings. The Hall–Kier alpha value is 0.460. The molecule has 3 N–H and O–H groups in total. The molecule has 0 amide bonds. The summed E-state index contributed by atoms with van der Waals surface area (Å²) in [4.78, 5) is 0. The molecule has 0 bridgehead atoms. The van der Waals surface area contributed by atoms with Gasteiger partial charge in [-0.3, -0.25) is 0 Å². The van der Waals surface area contributed by atoms with E-state index in [9.17, 15) is 0 Å². The van der Waals surface area contributed by atoms with Gasteiger partial charge in [0, 0.05) is 19.7 Å². The second-order valence-corrected chi connectivity index (χ2v) is 2.51. The van der Waals surface area contributed by atoms with E-state index in [1.807, 2.05) is 6.92 Å². The normalized spacial score (nSPS) is 11.2. The molecule has 0 unspecified atom stereocenters. The van der Waals surface area contributed by atoms with Gasteiger partial charge in [0.05, 0.1) is 6.61 Å². The molecular weight excluding hydrogens is 199 g/mol. The smallest absolute Gasteiger partial charge is 0.0587 e. The van der Waals surface area contributed by atoms with Crippen LogP contribution in [0.25, 0.3) is 0 Å². The highest BCUT2D eigenvalue weighted by molar-refractivity contribution is 5.85. The third kappa shape index (κ3) is 16.8. The maximum absolute atomic E-state index is 5.54. The zero-order valence-corrected chi connectivity index (χ0v) is 9.34. The van der Waals surface area contributed by atoms with Crippen LogP contribution in [0.15, 0.2) is 0 Å². The van der Waals surface area contributed by atoms with Crippen LogP contribution in [0.3, 0.4) is 0 Å². The molecule has 78 valence electrons. The molecule has 0 radical (unpaired) electrons. The quantitative estimate of drug-likeness (QED) is 0.650. The minimum Gasteiger partial charge on any atom is -0.383 e. The Morgan fingerprint density at radius 2 is 1.92 bits per heavy atom. The van der Waals surface area contributed by atoms with Gasteiger partial charge in [-0.2, -0.15) is 0 Å². The first-order valence-electron chi connectivity index (χ1n) is 3.72. The molecule has 0 aromatic heterocycles. The number of halogens is 2. The third-order valence-corrected chi connectivity index (χ3v) is 1.26. The van der Waals surface area contributed by atoms with Crippen LogP contribution >= 0.6 is 24.8 Å². The molecule has 0 aliphatic carbocycles. The van der Waals surface area contributed by atoms with E-state index in [1.54, 1.807) is 7.11 Å². The van der Waals surface area contributed by atoms with Gasteiger partial charge < -0.3 is 15.8 Å². The van der Waals surface area contributed by atoms with Gasteiger partial charge in [0.1, 0.15) is 0 Å². The van der Waals surface area contributed by atoms with Crippen LogP contribution in [0.1, 0.15) is 13.3 Å². The first kappa shape index (κ1) is 18.3. The van der Waals surface area contributed by atoms with Crippen molar-refractivity contribution in [2.24, 2.45) is 5.73 Å². The van der Waals surface area contributed by atoms with Crippen LogP contribution in [0.5, 0.6) is 0 Å². The molecule has 0 aromatic rings. The number of hydrogen-bond acceptors (Lipinski definition) is 3. The lowest BCUT2D eigenvalue weighted by atomic mass is 10.2. The largest absolute Gasteiger partial charge is 0.383 e. The Morgan fingerprint density at radius 3 is 2.33 bits per heavy atom. The van der Waals surface area contributed by atoms with E-state index in [4.69, 9.17) is 10.5 Å². The molecule has 0 aromatic carbocycles. The Labute approximate surface area is 87.2 Å². The molecule has 1 atom stereocenters. The molecule has 0 aliphatic heterocycles. The van der Waals surface area contributed by atoms with Crippen LogP contribution in [0.4, 0.5) is 0 Å². The maximum Gasteiger partial charge on any atom is 0.0587 e. The standard InChI is InChI=1S/C7H18N2O.2ClH/c1-7(8)3-4-9-5-6-10-2;;/h7,9H,3-6,8H2,1-2H3;2*1H/t7-;;/m0../s1. The minimum absolute atomic E-state index is 0. The second kappa shape index (κ2) is 14.0. The lowest BCUT2D eigenvalue weighted by Gasteiger charge is -2.05. The predicted molar refractivity (Wildman–Crippen MR) is 57.5 cm³/mol. The Bertz CT molecular complexity index is 74.4. The molecule has 5 heteroatoms. The summed E-state index contributed by atoms with van der Waals surface area (Å²) in [6.07, 6.45) is 1.03. The first-order chi connectivity index (χ1) is 4.77. The van der Waals surface area contributed by atoms with Crippen molar-refractivity contribution in [1.82, 2.24) is 5.32 Å². The van der Waals surface area contributed by atoms with E-state index in [0.29, 0.717) is 6.04 Å². The molecule has 0 spiro atoms.